The molecule has 5 aromatic carbocycles. The molecule has 0 N–H and O–H groups in total. The molecule has 6 nitrogen and oxygen atoms in total. The number of fused-ring (bicyclic) bond motifs is 9. The number of benzene rings is 5. The fourth-order valence-corrected chi connectivity index (χ4v) is 7.38. The van der Waals surface area contributed by atoms with E-state index in [0.717, 1.165) is 61.2 Å². The first-order valence-corrected chi connectivity index (χ1v) is 17.0. The minimum absolute atomic E-state index is 0. The van der Waals surface area contributed by atoms with Crippen molar-refractivity contribution in [1.82, 2.24) is 14.4 Å². The molecule has 0 atom stereocenters. The summed E-state index contributed by atoms with van der Waals surface area (Å²) in [5.74, 6) is 1.20. The van der Waals surface area contributed by atoms with E-state index in [0.29, 0.717) is 11.5 Å². The van der Waals surface area contributed by atoms with Gasteiger partial charge in [0.15, 0.2) is 0 Å². The van der Waals surface area contributed by atoms with Gasteiger partial charge < -0.3 is 18.9 Å². The maximum absolute atomic E-state index is 6.52. The Hall–Kier alpha value is -5.19. The number of para-hydroxylation sites is 4. The van der Waals surface area contributed by atoms with Crippen LogP contribution in [0.3, 0.4) is 0 Å². The third kappa shape index (κ3) is 5.44. The van der Waals surface area contributed by atoms with Gasteiger partial charge in [-0.25, -0.2) is 4.98 Å². The van der Waals surface area contributed by atoms with Crippen LogP contribution in [0.15, 0.2) is 103 Å². The van der Waals surface area contributed by atoms with E-state index in [-0.39, 0.29) is 26.5 Å². The van der Waals surface area contributed by atoms with E-state index in [2.05, 4.69) is 141 Å². The number of nitrogens with zero attached hydrogens (tertiary/aromatic N) is 5. The molecule has 0 radical (unpaired) electrons. The van der Waals surface area contributed by atoms with E-state index in [1.807, 2.05) is 36.4 Å². The Kier molecular flexibility index (Phi) is 7.92. The summed E-state index contributed by atoms with van der Waals surface area (Å²) in [4.78, 5) is 14.7. The van der Waals surface area contributed by atoms with E-state index in [1.54, 1.807) is 0 Å². The predicted molar refractivity (Wildman–Crippen MR) is 204 cm³/mol. The molecular weight excluding hydrogens is 810 g/mol. The van der Waals surface area contributed by atoms with Gasteiger partial charge in [0.05, 0.1) is 16.7 Å². The van der Waals surface area contributed by atoms with Gasteiger partial charge in [0.2, 0.25) is 0 Å². The van der Waals surface area contributed by atoms with Crippen LogP contribution in [0.2, 0.25) is 0 Å². The maximum Gasteiger partial charge on any atom is 0.129 e. The number of hydrogen-bond donors (Lipinski definition) is 0. The van der Waals surface area contributed by atoms with Crippen LogP contribution < -0.4 is 14.5 Å². The molecule has 9 rings (SSSR count). The zero-order valence-electron chi connectivity index (χ0n) is 29.4. The van der Waals surface area contributed by atoms with Gasteiger partial charge in [0, 0.05) is 60.7 Å². The van der Waals surface area contributed by atoms with Crippen molar-refractivity contribution in [2.24, 2.45) is 0 Å². The number of anilines is 4. The van der Waals surface area contributed by atoms with E-state index in [4.69, 9.17) is 14.7 Å². The molecule has 256 valence electrons. The molecule has 0 saturated carbocycles. The van der Waals surface area contributed by atoms with Crippen LogP contribution in [-0.2, 0) is 26.5 Å². The molecule has 0 saturated heterocycles. The van der Waals surface area contributed by atoms with E-state index in [9.17, 15) is 0 Å². The molecule has 7 heteroatoms. The molecule has 0 fully saturated rings. The second-order valence-corrected chi connectivity index (χ2v) is 14.3. The molecule has 0 aliphatic carbocycles. The summed E-state index contributed by atoms with van der Waals surface area (Å²) in [5, 5.41) is 2.96. The monoisotopic (exact) mass is 845 g/mol. The van der Waals surface area contributed by atoms with Gasteiger partial charge in [-0.3, -0.25) is 4.98 Å². The largest absolute Gasteiger partial charge is 0.503 e. The molecule has 3 aromatic heterocycles. The van der Waals surface area contributed by atoms with Gasteiger partial charge in [-0.1, -0.05) is 85.6 Å². The molecule has 4 heterocycles. The van der Waals surface area contributed by atoms with Crippen LogP contribution in [0.5, 0.6) is 11.5 Å². The summed E-state index contributed by atoms with van der Waals surface area (Å²) < 4.78 is 8.68. The smallest absolute Gasteiger partial charge is 0.129 e. The Morgan fingerprint density at radius 2 is 1.35 bits per heavy atom. The van der Waals surface area contributed by atoms with Crippen LogP contribution in [0.1, 0.15) is 43.2 Å². The average molecular weight is 846 g/mol. The minimum Gasteiger partial charge on any atom is -0.503 e. The standard InChI is InChI=1S/C44H36N5O.Pt/c1-27-22-28(2)41(29(3)23-27)48-26-47(38-16-9-10-17-39(38)48)30-12-11-13-31(24-30)50-32-18-19-33-34-20-21-40(44(4,5)6)46-42(34)49-37-15-8-7-14-36(37)45-43(49)35(33)25-32;/h7-23,26H,1-6H3;/q-3;. The summed E-state index contributed by atoms with van der Waals surface area (Å²) in [5.41, 5.74) is 12.6. The zero-order chi connectivity index (χ0) is 34.3. The fourth-order valence-electron chi connectivity index (χ4n) is 7.38. The van der Waals surface area contributed by atoms with Gasteiger partial charge in [0.1, 0.15) is 5.65 Å². The van der Waals surface area contributed by atoms with Crippen molar-refractivity contribution in [3.63, 3.8) is 0 Å². The Morgan fingerprint density at radius 3 is 2.12 bits per heavy atom. The molecular formula is C44H36N5OPt-3. The minimum atomic E-state index is -0.0908. The van der Waals surface area contributed by atoms with Crippen LogP contribution in [-0.4, -0.2) is 14.4 Å². The van der Waals surface area contributed by atoms with Crippen molar-refractivity contribution >= 4 is 61.2 Å². The summed E-state index contributed by atoms with van der Waals surface area (Å²) in [6, 6.07) is 42.7. The molecule has 1 aliphatic heterocycles. The first-order chi connectivity index (χ1) is 24.1. The normalized spacial score (nSPS) is 13.0. The second kappa shape index (κ2) is 12.2. The van der Waals surface area contributed by atoms with Gasteiger partial charge >= 0.3 is 0 Å². The molecule has 0 spiro atoms. The molecule has 0 unspecified atom stereocenters. The second-order valence-electron chi connectivity index (χ2n) is 14.3. The van der Waals surface area contributed by atoms with Gasteiger partial charge in [0.25, 0.3) is 0 Å². The van der Waals surface area contributed by atoms with Crippen molar-refractivity contribution in [1.29, 1.82) is 0 Å². The number of rotatable bonds is 4. The molecule has 0 amide bonds. The number of aromatic nitrogens is 3. The first-order valence-electron chi connectivity index (χ1n) is 17.0. The Balaban J connectivity index is 0.00000374. The van der Waals surface area contributed by atoms with Crippen molar-refractivity contribution < 1.29 is 25.8 Å². The molecule has 8 aromatic rings. The molecule has 51 heavy (non-hydrogen) atoms. The third-order valence-corrected chi connectivity index (χ3v) is 9.59. The van der Waals surface area contributed by atoms with E-state index < -0.39 is 0 Å². The quantitative estimate of drug-likeness (QED) is 0.130. The number of imidazole rings is 1. The number of hydrogen-bond acceptors (Lipinski definition) is 5. The van der Waals surface area contributed by atoms with Gasteiger partial charge in [-0.2, -0.15) is 6.07 Å². The van der Waals surface area contributed by atoms with Crippen LogP contribution >= 0.6 is 0 Å². The van der Waals surface area contributed by atoms with Crippen molar-refractivity contribution in [3.05, 3.63) is 144 Å². The molecule has 1 aliphatic rings. The summed E-state index contributed by atoms with van der Waals surface area (Å²) >= 11 is 0. The zero-order valence-corrected chi connectivity index (χ0v) is 31.6. The average Bonchev–Trinajstić information content (AvgIpc) is 3.67. The van der Waals surface area contributed by atoms with Crippen LogP contribution in [0.25, 0.3) is 38.5 Å². The van der Waals surface area contributed by atoms with Gasteiger partial charge in [-0.05, 0) is 67.6 Å². The Labute approximate surface area is 312 Å². The number of pyridine rings is 2. The summed E-state index contributed by atoms with van der Waals surface area (Å²) in [6.07, 6.45) is 0. The van der Waals surface area contributed by atoms with Crippen molar-refractivity contribution in [2.75, 3.05) is 9.80 Å². The van der Waals surface area contributed by atoms with E-state index in [1.165, 1.54) is 22.4 Å². The topological polar surface area (TPSA) is 45.9 Å². The van der Waals surface area contributed by atoms with Crippen LogP contribution in [0.4, 0.5) is 22.7 Å². The predicted octanol–water partition coefficient (Wildman–Crippen LogP) is 11.2. The maximum atomic E-state index is 6.52. The van der Waals surface area contributed by atoms with Gasteiger partial charge in [-0.15, -0.1) is 42.7 Å². The summed E-state index contributed by atoms with van der Waals surface area (Å²) in [6.45, 7) is 15.2. The SMILES string of the molecule is Cc1cc(C)c(N2[CH-]N(c3[c-]c(Oc4[c-]c5c(cc4)c4ccc(C(C)(C)C)nc4n4c6ccccc6nc54)ccc3)c3ccccc32)c(C)c1.[Pt]. The number of aryl methyl sites for hydroxylation is 3. The fraction of sp³-hybridized carbons (Fsp3) is 0.159. The molecule has 0 bridgehead atoms. The van der Waals surface area contributed by atoms with Crippen molar-refractivity contribution in [3.8, 4) is 11.5 Å². The first kappa shape index (κ1) is 33.0. The van der Waals surface area contributed by atoms with Crippen molar-refractivity contribution in [2.45, 2.75) is 47.0 Å². The number of ether oxygens (including phenoxy) is 1. The van der Waals surface area contributed by atoms with Crippen LogP contribution in [0, 0.1) is 39.6 Å². The van der Waals surface area contributed by atoms with E-state index >= 15 is 0 Å². The third-order valence-electron chi connectivity index (χ3n) is 9.59. The summed E-state index contributed by atoms with van der Waals surface area (Å²) in [7, 11) is 0. The Bertz CT molecular complexity index is 2630. The Morgan fingerprint density at radius 1 is 0.667 bits per heavy atom.